The first-order valence-electron chi connectivity index (χ1n) is 4.38. The van der Waals surface area contributed by atoms with Crippen LogP contribution in [0.4, 0.5) is 0 Å². The largest absolute Gasteiger partial charge is 0.176 e. The van der Waals surface area contributed by atoms with Crippen LogP contribution >= 0.6 is 7.55 Å². The minimum absolute atomic E-state index is 0.310. The summed E-state index contributed by atoms with van der Waals surface area (Å²) < 4.78 is 0. The van der Waals surface area contributed by atoms with Crippen molar-refractivity contribution in [1.82, 2.24) is 0 Å². The van der Waals surface area contributed by atoms with Gasteiger partial charge in [-0.15, -0.1) is 0 Å². The van der Waals surface area contributed by atoms with Gasteiger partial charge in [0.25, 0.3) is 0 Å². The molecular formula is C11H14P+. The van der Waals surface area contributed by atoms with E-state index in [-0.39, 0.29) is 0 Å². The summed E-state index contributed by atoms with van der Waals surface area (Å²) in [5, 5.41) is 0. The van der Waals surface area contributed by atoms with Crippen molar-refractivity contribution < 1.29 is 0 Å². The van der Waals surface area contributed by atoms with Crippen molar-refractivity contribution in [3.05, 3.63) is 35.4 Å². The molecule has 2 unspecified atom stereocenters. The Bertz CT molecular complexity index is 308. The number of benzene rings is 1. The second-order valence-electron chi connectivity index (χ2n) is 3.57. The predicted molar refractivity (Wildman–Crippen MR) is 57.6 cm³/mol. The molecule has 1 aliphatic rings. The van der Waals surface area contributed by atoms with Crippen LogP contribution < -0.4 is 0 Å². The predicted octanol–water partition coefficient (Wildman–Crippen LogP) is 2.83. The smallest absolute Gasteiger partial charge is 0.0590 e. The second kappa shape index (κ2) is 3.03. The van der Waals surface area contributed by atoms with Crippen LogP contribution in [0.5, 0.6) is 0 Å². The maximum Gasteiger partial charge on any atom is 0.176 e. The van der Waals surface area contributed by atoms with Gasteiger partial charge in [-0.2, -0.15) is 0 Å². The zero-order chi connectivity index (χ0) is 8.55. The van der Waals surface area contributed by atoms with Gasteiger partial charge in [-0.05, 0) is 12.5 Å². The molecule has 0 N–H and O–H groups in total. The molecule has 0 radical (unpaired) electrons. The van der Waals surface area contributed by atoms with Gasteiger partial charge in [-0.25, -0.2) is 0 Å². The van der Waals surface area contributed by atoms with Gasteiger partial charge in [-0.3, -0.25) is 0 Å². The summed E-state index contributed by atoms with van der Waals surface area (Å²) in [4.78, 5) is 0. The van der Waals surface area contributed by atoms with Gasteiger partial charge < -0.3 is 0 Å². The summed E-state index contributed by atoms with van der Waals surface area (Å²) in [6.07, 6.45) is 1.27. The summed E-state index contributed by atoms with van der Waals surface area (Å²) in [7, 11) is 0.310. The molecule has 0 aromatic heterocycles. The van der Waals surface area contributed by atoms with Crippen molar-refractivity contribution in [3.8, 4) is 0 Å². The quantitative estimate of drug-likeness (QED) is 0.609. The van der Waals surface area contributed by atoms with E-state index in [1.165, 1.54) is 17.5 Å². The van der Waals surface area contributed by atoms with Crippen LogP contribution in [0.1, 0.15) is 11.1 Å². The molecular weight excluding hydrogens is 163 g/mol. The monoisotopic (exact) mass is 177 g/mol. The number of hydrogen-bond donors (Lipinski definition) is 0. The first-order valence-corrected chi connectivity index (χ1v) is 6.31. The van der Waals surface area contributed by atoms with E-state index in [2.05, 4.69) is 43.7 Å². The second-order valence-corrected chi connectivity index (χ2v) is 5.86. The molecule has 62 valence electrons. The Morgan fingerprint density at radius 3 is 2.33 bits per heavy atom. The molecule has 1 aromatic rings. The summed E-state index contributed by atoms with van der Waals surface area (Å²) in [5.74, 6) is 2.48. The molecule has 0 fully saturated rings. The maximum atomic E-state index is 2.48. The van der Waals surface area contributed by atoms with Crippen molar-refractivity contribution in [3.63, 3.8) is 0 Å². The zero-order valence-corrected chi connectivity index (χ0v) is 8.51. The molecule has 2 rings (SSSR count). The van der Waals surface area contributed by atoms with Crippen LogP contribution in [0.25, 0.3) is 0 Å². The third-order valence-electron chi connectivity index (χ3n) is 2.41. The van der Waals surface area contributed by atoms with Gasteiger partial charge in [0.05, 0.1) is 6.66 Å². The molecule has 1 aromatic carbocycles. The van der Waals surface area contributed by atoms with Crippen molar-refractivity contribution in [2.24, 2.45) is 0 Å². The summed E-state index contributed by atoms with van der Waals surface area (Å²) in [5.41, 5.74) is 3.77. The SMILES string of the molecule is Cc1ccc(CC2C=[P+]2C)cc1. The van der Waals surface area contributed by atoms with Gasteiger partial charge in [0, 0.05) is 6.42 Å². The molecule has 0 nitrogen and oxygen atoms in total. The molecule has 1 heteroatoms. The first-order chi connectivity index (χ1) is 5.75. The van der Waals surface area contributed by atoms with Crippen LogP contribution in [0.3, 0.4) is 0 Å². The highest BCUT2D eigenvalue weighted by Crippen LogP contribution is 2.40. The van der Waals surface area contributed by atoms with Crippen LogP contribution in [0.15, 0.2) is 24.3 Å². The minimum atomic E-state index is 0.310. The molecule has 0 aliphatic carbocycles. The Labute approximate surface area is 75.0 Å². The summed E-state index contributed by atoms with van der Waals surface area (Å²) in [6.45, 7) is 4.49. The van der Waals surface area contributed by atoms with Gasteiger partial charge in [-0.1, -0.05) is 29.8 Å². The van der Waals surface area contributed by atoms with Crippen molar-refractivity contribution >= 4 is 13.3 Å². The summed E-state index contributed by atoms with van der Waals surface area (Å²) in [6, 6.07) is 8.92. The molecule has 0 saturated heterocycles. The standard InChI is InChI=1S/C11H14P/c1-9-3-5-10(6-4-9)7-11-8-12(11)2/h3-6,8,11H,7H2,1-2H3/q+1. The van der Waals surface area contributed by atoms with E-state index in [0.29, 0.717) is 7.55 Å². The molecule has 0 saturated carbocycles. The zero-order valence-electron chi connectivity index (χ0n) is 7.62. The molecule has 0 spiro atoms. The molecule has 1 aliphatic heterocycles. The molecule has 12 heavy (non-hydrogen) atoms. The highest BCUT2D eigenvalue weighted by molar-refractivity contribution is 7.68. The Morgan fingerprint density at radius 1 is 1.25 bits per heavy atom. The van der Waals surface area contributed by atoms with E-state index in [9.17, 15) is 0 Å². The van der Waals surface area contributed by atoms with Gasteiger partial charge in [0.2, 0.25) is 0 Å². The molecule has 1 heterocycles. The van der Waals surface area contributed by atoms with Crippen molar-refractivity contribution in [2.45, 2.75) is 19.0 Å². The number of rotatable bonds is 2. The average molecular weight is 177 g/mol. The van der Waals surface area contributed by atoms with Gasteiger partial charge in [0.15, 0.2) is 5.66 Å². The maximum absolute atomic E-state index is 2.48. The van der Waals surface area contributed by atoms with E-state index < -0.39 is 0 Å². The third-order valence-corrected chi connectivity index (χ3v) is 4.27. The fourth-order valence-electron chi connectivity index (χ4n) is 1.40. The van der Waals surface area contributed by atoms with Crippen molar-refractivity contribution in [1.29, 1.82) is 0 Å². The fraction of sp³-hybridized carbons (Fsp3) is 0.364. The fourth-order valence-corrected chi connectivity index (χ4v) is 2.87. The van der Waals surface area contributed by atoms with Crippen LogP contribution in [0.2, 0.25) is 0 Å². The average Bonchev–Trinajstić information content (AvgIpc) is 2.72. The Balaban J connectivity index is 2.00. The lowest BCUT2D eigenvalue weighted by molar-refractivity contribution is 1.09. The normalized spacial score (nSPS) is 23.5. The lowest BCUT2D eigenvalue weighted by Gasteiger charge is -1.96. The van der Waals surface area contributed by atoms with Gasteiger partial charge in [0.1, 0.15) is 13.3 Å². The highest BCUT2D eigenvalue weighted by Gasteiger charge is 2.34. The van der Waals surface area contributed by atoms with E-state index in [4.69, 9.17) is 0 Å². The topological polar surface area (TPSA) is 0 Å². The molecule has 2 atom stereocenters. The van der Waals surface area contributed by atoms with Crippen molar-refractivity contribution in [2.75, 3.05) is 6.66 Å². The van der Waals surface area contributed by atoms with Crippen LogP contribution in [-0.2, 0) is 6.42 Å². The van der Waals surface area contributed by atoms with E-state index in [1.54, 1.807) is 0 Å². The lowest BCUT2D eigenvalue weighted by atomic mass is 10.1. The summed E-state index contributed by atoms with van der Waals surface area (Å²) >= 11 is 0. The van der Waals surface area contributed by atoms with Crippen LogP contribution in [-0.4, -0.2) is 18.1 Å². The molecule has 0 bridgehead atoms. The number of aryl methyl sites for hydroxylation is 1. The van der Waals surface area contributed by atoms with Gasteiger partial charge >= 0.3 is 0 Å². The number of hydrogen-bond acceptors (Lipinski definition) is 0. The lowest BCUT2D eigenvalue weighted by Crippen LogP contribution is -1.93. The minimum Gasteiger partial charge on any atom is -0.0590 e. The Hall–Kier alpha value is -0.610. The van der Waals surface area contributed by atoms with E-state index in [0.717, 1.165) is 5.66 Å². The first kappa shape index (κ1) is 8.01. The Morgan fingerprint density at radius 2 is 1.83 bits per heavy atom. The van der Waals surface area contributed by atoms with E-state index in [1.807, 2.05) is 0 Å². The molecule has 0 amide bonds. The highest BCUT2D eigenvalue weighted by atomic mass is 31.1. The third kappa shape index (κ3) is 1.76. The Kier molecular flexibility index (Phi) is 2.02. The van der Waals surface area contributed by atoms with E-state index >= 15 is 0 Å². The van der Waals surface area contributed by atoms with Crippen LogP contribution in [0, 0.1) is 6.92 Å².